The van der Waals surface area contributed by atoms with Crippen LogP contribution in [0.2, 0.25) is 0 Å². The van der Waals surface area contributed by atoms with Crippen molar-refractivity contribution in [3.05, 3.63) is 65.0 Å². The quantitative estimate of drug-likeness (QED) is 0.856. The maximum atomic E-state index is 13.6. The van der Waals surface area contributed by atoms with Gasteiger partial charge in [0.15, 0.2) is 0 Å². The van der Waals surface area contributed by atoms with E-state index in [1.54, 1.807) is 26.0 Å². The molecule has 0 amide bonds. The Hall–Kier alpha value is -1.97. The molecule has 2 rings (SSSR count). The number of hydrogen-bond donors (Lipinski definition) is 1. The molecule has 0 heterocycles. The van der Waals surface area contributed by atoms with Crippen LogP contribution in [0.15, 0.2) is 36.4 Å². The maximum absolute atomic E-state index is 13.6. The van der Waals surface area contributed by atoms with Crippen LogP contribution in [-0.2, 0) is 0 Å². The summed E-state index contributed by atoms with van der Waals surface area (Å²) in [4.78, 5) is 0. The third kappa shape index (κ3) is 3.08. The lowest BCUT2D eigenvalue weighted by molar-refractivity contribution is 0.577. The van der Waals surface area contributed by atoms with Crippen LogP contribution in [0.1, 0.15) is 24.1 Å². The predicted octanol–water partition coefficient (Wildman–Crippen LogP) is 4.59. The molecule has 0 bridgehead atoms. The van der Waals surface area contributed by atoms with E-state index in [9.17, 15) is 13.2 Å². The summed E-state index contributed by atoms with van der Waals surface area (Å²) < 4.78 is 39.9. The van der Waals surface area contributed by atoms with Crippen molar-refractivity contribution in [2.45, 2.75) is 19.9 Å². The molecule has 1 unspecified atom stereocenters. The molecule has 1 atom stereocenters. The van der Waals surface area contributed by atoms with Gasteiger partial charge < -0.3 is 5.32 Å². The monoisotopic (exact) mass is 265 g/mol. The molecule has 2 aromatic carbocycles. The molecular formula is C15H14F3N. The van der Waals surface area contributed by atoms with E-state index in [-0.39, 0.29) is 11.4 Å². The van der Waals surface area contributed by atoms with Crippen molar-refractivity contribution in [1.82, 2.24) is 0 Å². The van der Waals surface area contributed by atoms with Crippen molar-refractivity contribution in [3.8, 4) is 0 Å². The Morgan fingerprint density at radius 3 is 2.32 bits per heavy atom. The third-order valence-electron chi connectivity index (χ3n) is 2.97. The van der Waals surface area contributed by atoms with Crippen molar-refractivity contribution < 1.29 is 13.2 Å². The van der Waals surface area contributed by atoms with Crippen LogP contribution in [0.4, 0.5) is 18.9 Å². The van der Waals surface area contributed by atoms with E-state index in [2.05, 4.69) is 5.32 Å². The minimum absolute atomic E-state index is 0.238. The summed E-state index contributed by atoms with van der Waals surface area (Å²) in [7, 11) is 0. The van der Waals surface area contributed by atoms with Gasteiger partial charge in [0, 0.05) is 11.3 Å². The molecule has 0 fully saturated rings. The summed E-state index contributed by atoms with van der Waals surface area (Å²) in [6.45, 7) is 3.37. The number of aryl methyl sites for hydroxylation is 1. The number of hydrogen-bond acceptors (Lipinski definition) is 1. The van der Waals surface area contributed by atoms with Crippen molar-refractivity contribution in [1.29, 1.82) is 0 Å². The number of benzene rings is 2. The summed E-state index contributed by atoms with van der Waals surface area (Å²) in [6, 6.07) is 7.45. The Bertz CT molecular complexity index is 596. The molecule has 19 heavy (non-hydrogen) atoms. The topological polar surface area (TPSA) is 12.0 Å². The lowest BCUT2D eigenvalue weighted by Gasteiger charge is -2.17. The maximum Gasteiger partial charge on any atom is 0.128 e. The number of halogens is 3. The molecular weight excluding hydrogens is 251 g/mol. The van der Waals surface area contributed by atoms with Gasteiger partial charge in [0.05, 0.1) is 6.04 Å². The van der Waals surface area contributed by atoms with Gasteiger partial charge in [-0.25, -0.2) is 13.2 Å². The molecule has 1 nitrogen and oxygen atoms in total. The van der Waals surface area contributed by atoms with E-state index in [1.807, 2.05) is 0 Å². The summed E-state index contributed by atoms with van der Waals surface area (Å²) in [6.07, 6.45) is 0. The highest BCUT2D eigenvalue weighted by molar-refractivity contribution is 5.48. The molecule has 100 valence electrons. The molecule has 1 N–H and O–H groups in total. The fraction of sp³-hybridized carbons (Fsp3) is 0.200. The highest BCUT2D eigenvalue weighted by atomic mass is 19.1. The van der Waals surface area contributed by atoms with Gasteiger partial charge in [-0.2, -0.15) is 0 Å². The molecule has 0 spiro atoms. The Morgan fingerprint density at radius 1 is 0.947 bits per heavy atom. The van der Waals surface area contributed by atoms with Gasteiger partial charge in [-0.05, 0) is 55.8 Å². The van der Waals surface area contributed by atoms with Crippen LogP contribution in [0.25, 0.3) is 0 Å². The first-order valence-electron chi connectivity index (χ1n) is 5.95. The first-order valence-corrected chi connectivity index (χ1v) is 5.95. The van der Waals surface area contributed by atoms with Crippen LogP contribution in [-0.4, -0.2) is 0 Å². The van der Waals surface area contributed by atoms with E-state index in [0.717, 1.165) is 18.2 Å². The third-order valence-corrected chi connectivity index (χ3v) is 2.97. The van der Waals surface area contributed by atoms with Crippen molar-refractivity contribution in [2.24, 2.45) is 0 Å². The van der Waals surface area contributed by atoms with Crippen LogP contribution in [0, 0.1) is 24.4 Å². The van der Waals surface area contributed by atoms with E-state index in [4.69, 9.17) is 0 Å². The van der Waals surface area contributed by atoms with Crippen LogP contribution >= 0.6 is 0 Å². The Morgan fingerprint density at radius 2 is 1.63 bits per heavy atom. The van der Waals surface area contributed by atoms with E-state index in [1.165, 1.54) is 6.07 Å². The molecule has 0 saturated heterocycles. The number of anilines is 1. The van der Waals surface area contributed by atoms with Crippen LogP contribution in [0.3, 0.4) is 0 Å². The summed E-state index contributed by atoms with van der Waals surface area (Å²) in [5.74, 6) is -1.25. The minimum Gasteiger partial charge on any atom is -0.378 e. The van der Waals surface area contributed by atoms with Gasteiger partial charge in [0.2, 0.25) is 0 Å². The second-order valence-corrected chi connectivity index (χ2v) is 4.50. The largest absolute Gasteiger partial charge is 0.378 e. The fourth-order valence-corrected chi connectivity index (χ4v) is 1.91. The minimum atomic E-state index is -0.486. The van der Waals surface area contributed by atoms with Crippen LogP contribution < -0.4 is 5.32 Å². The standard InChI is InChI=1S/C15H14F3N/c1-9-7-12(4-6-14(9)17)19-10(2)13-8-11(16)3-5-15(13)18/h3-8,10,19H,1-2H3. The van der Waals surface area contributed by atoms with Crippen molar-refractivity contribution >= 4 is 5.69 Å². The SMILES string of the molecule is Cc1cc(NC(C)c2cc(F)ccc2F)ccc1F. The molecule has 0 aliphatic rings. The predicted molar refractivity (Wildman–Crippen MR) is 69.5 cm³/mol. The summed E-state index contributed by atoms with van der Waals surface area (Å²) in [5.41, 5.74) is 1.40. The molecule has 0 aliphatic heterocycles. The zero-order chi connectivity index (χ0) is 14.0. The number of nitrogens with one attached hydrogen (secondary N) is 1. The summed E-state index contributed by atoms with van der Waals surface area (Å²) >= 11 is 0. The Balaban J connectivity index is 2.22. The molecule has 4 heteroatoms. The molecule has 0 aromatic heterocycles. The van der Waals surface area contributed by atoms with Crippen molar-refractivity contribution in [2.75, 3.05) is 5.32 Å². The van der Waals surface area contributed by atoms with Gasteiger partial charge in [-0.15, -0.1) is 0 Å². The fourth-order valence-electron chi connectivity index (χ4n) is 1.91. The summed E-state index contributed by atoms with van der Waals surface area (Å²) in [5, 5.41) is 3.02. The van der Waals surface area contributed by atoms with Gasteiger partial charge in [0.25, 0.3) is 0 Å². The van der Waals surface area contributed by atoms with E-state index in [0.29, 0.717) is 11.3 Å². The van der Waals surface area contributed by atoms with E-state index >= 15 is 0 Å². The van der Waals surface area contributed by atoms with Gasteiger partial charge in [-0.3, -0.25) is 0 Å². The zero-order valence-electron chi connectivity index (χ0n) is 10.7. The van der Waals surface area contributed by atoms with Gasteiger partial charge in [0.1, 0.15) is 17.5 Å². The van der Waals surface area contributed by atoms with Gasteiger partial charge >= 0.3 is 0 Å². The first kappa shape index (κ1) is 13.5. The normalized spacial score (nSPS) is 12.3. The Labute approximate surface area is 110 Å². The van der Waals surface area contributed by atoms with Crippen LogP contribution in [0.5, 0.6) is 0 Å². The lowest BCUT2D eigenvalue weighted by atomic mass is 10.1. The highest BCUT2D eigenvalue weighted by Gasteiger charge is 2.12. The second-order valence-electron chi connectivity index (χ2n) is 4.50. The smallest absolute Gasteiger partial charge is 0.128 e. The molecule has 0 saturated carbocycles. The van der Waals surface area contributed by atoms with E-state index < -0.39 is 17.7 Å². The lowest BCUT2D eigenvalue weighted by Crippen LogP contribution is -2.09. The second kappa shape index (κ2) is 5.34. The Kier molecular flexibility index (Phi) is 3.79. The van der Waals surface area contributed by atoms with Gasteiger partial charge in [-0.1, -0.05) is 0 Å². The van der Waals surface area contributed by atoms with Crippen molar-refractivity contribution in [3.63, 3.8) is 0 Å². The average Bonchev–Trinajstić information content (AvgIpc) is 2.36. The molecule has 0 radical (unpaired) electrons. The highest BCUT2D eigenvalue weighted by Crippen LogP contribution is 2.23. The molecule has 2 aromatic rings. The zero-order valence-corrected chi connectivity index (χ0v) is 10.7. The molecule has 0 aliphatic carbocycles. The average molecular weight is 265 g/mol. The first-order chi connectivity index (χ1) is 8.97. The number of rotatable bonds is 3.